The molecule has 3 heterocycles. The smallest absolute Gasteiger partial charge is 0.265 e. The molecule has 0 bridgehead atoms. The van der Waals surface area contributed by atoms with Crippen LogP contribution in [0.2, 0.25) is 0 Å². The van der Waals surface area contributed by atoms with Crippen LogP contribution in [0.3, 0.4) is 0 Å². The van der Waals surface area contributed by atoms with Gasteiger partial charge in [0.25, 0.3) is 5.91 Å². The number of amides is 1. The van der Waals surface area contributed by atoms with E-state index in [1.54, 1.807) is 17.5 Å². The summed E-state index contributed by atoms with van der Waals surface area (Å²) in [4.78, 5) is 24.1. The number of carbonyl (C=O) groups excluding carboxylic acids is 1. The van der Waals surface area contributed by atoms with Crippen molar-refractivity contribution in [1.82, 2.24) is 14.9 Å². The third kappa shape index (κ3) is 4.16. The van der Waals surface area contributed by atoms with Crippen LogP contribution in [-0.4, -0.2) is 33.9 Å². The molecule has 0 unspecified atom stereocenters. The van der Waals surface area contributed by atoms with Crippen molar-refractivity contribution in [2.45, 2.75) is 39.0 Å². The van der Waals surface area contributed by atoms with E-state index in [2.05, 4.69) is 23.0 Å². The lowest BCUT2D eigenvalue weighted by Crippen LogP contribution is -2.38. The first-order valence-electron chi connectivity index (χ1n) is 8.40. The second kappa shape index (κ2) is 7.68. The van der Waals surface area contributed by atoms with E-state index in [0.29, 0.717) is 5.92 Å². The molecule has 1 fully saturated rings. The van der Waals surface area contributed by atoms with Gasteiger partial charge in [-0.15, -0.1) is 11.3 Å². The predicted molar refractivity (Wildman–Crippen MR) is 92.7 cm³/mol. The summed E-state index contributed by atoms with van der Waals surface area (Å²) >= 11 is 1.55. The number of piperidine rings is 1. The molecule has 0 N–H and O–H groups in total. The van der Waals surface area contributed by atoms with Crippen LogP contribution in [0.15, 0.2) is 30.6 Å². The van der Waals surface area contributed by atoms with Gasteiger partial charge in [0, 0.05) is 25.0 Å². The van der Waals surface area contributed by atoms with Crippen LogP contribution >= 0.6 is 11.3 Å². The molecule has 5 heteroatoms. The Bertz CT molecular complexity index is 633. The number of aromatic nitrogens is 2. The molecular weight excluding hydrogens is 306 g/mol. The Kier molecular flexibility index (Phi) is 5.39. The summed E-state index contributed by atoms with van der Waals surface area (Å²) < 4.78 is 0. The Morgan fingerprint density at radius 3 is 2.83 bits per heavy atom. The van der Waals surface area contributed by atoms with Gasteiger partial charge in [0.15, 0.2) is 0 Å². The maximum absolute atomic E-state index is 12.6. The molecule has 0 aromatic carbocycles. The third-order valence-electron chi connectivity index (χ3n) is 4.35. The number of thiazole rings is 1. The minimum absolute atomic E-state index is 0.154. The fraction of sp³-hybridized carbons (Fsp3) is 0.500. The van der Waals surface area contributed by atoms with Crippen molar-refractivity contribution in [3.63, 3.8) is 0 Å². The average Bonchev–Trinajstić information content (AvgIpc) is 3.05. The summed E-state index contributed by atoms with van der Waals surface area (Å²) in [5.41, 5.74) is 1.16. The van der Waals surface area contributed by atoms with E-state index in [4.69, 9.17) is 0 Å². The molecule has 3 rings (SSSR count). The molecular formula is C18H23N3OS. The topological polar surface area (TPSA) is 46.1 Å². The zero-order valence-electron chi connectivity index (χ0n) is 13.6. The number of likely N-dealkylation sites (tertiary alicyclic amines) is 1. The van der Waals surface area contributed by atoms with Crippen LogP contribution in [0.5, 0.6) is 0 Å². The van der Waals surface area contributed by atoms with Crippen molar-refractivity contribution in [1.29, 1.82) is 0 Å². The van der Waals surface area contributed by atoms with E-state index in [0.717, 1.165) is 60.8 Å². The van der Waals surface area contributed by atoms with Crippen LogP contribution < -0.4 is 0 Å². The SMILES string of the molecule is CCCc1ncc(C(=O)N2CCC(Cc3ccccn3)CC2)s1. The molecule has 2 aromatic heterocycles. The third-order valence-corrected chi connectivity index (χ3v) is 5.40. The van der Waals surface area contributed by atoms with Crippen molar-refractivity contribution < 1.29 is 4.79 Å². The molecule has 0 aliphatic carbocycles. The number of carbonyl (C=O) groups is 1. The second-order valence-electron chi connectivity index (χ2n) is 6.13. The minimum Gasteiger partial charge on any atom is -0.338 e. The molecule has 1 aliphatic heterocycles. The largest absolute Gasteiger partial charge is 0.338 e. The molecule has 1 amide bonds. The average molecular weight is 329 g/mol. The van der Waals surface area contributed by atoms with Gasteiger partial charge in [0.1, 0.15) is 4.88 Å². The maximum Gasteiger partial charge on any atom is 0.265 e. The summed E-state index contributed by atoms with van der Waals surface area (Å²) in [6, 6.07) is 6.08. The fourth-order valence-electron chi connectivity index (χ4n) is 3.05. The molecule has 0 spiro atoms. The van der Waals surface area contributed by atoms with Gasteiger partial charge in [-0.05, 0) is 50.2 Å². The summed E-state index contributed by atoms with van der Waals surface area (Å²) in [6.45, 7) is 3.82. The highest BCUT2D eigenvalue weighted by molar-refractivity contribution is 7.13. The van der Waals surface area contributed by atoms with E-state index < -0.39 is 0 Å². The standard InChI is InChI=1S/C18H23N3OS/c1-2-5-17-20-13-16(23-17)18(22)21-10-7-14(8-11-21)12-15-6-3-4-9-19-15/h3-4,6,9,13-14H,2,5,7-8,10-12H2,1H3. The summed E-state index contributed by atoms with van der Waals surface area (Å²) in [6.07, 6.45) is 8.77. The summed E-state index contributed by atoms with van der Waals surface area (Å²) in [5, 5.41) is 1.07. The van der Waals surface area contributed by atoms with Gasteiger partial charge in [0.2, 0.25) is 0 Å². The first-order valence-corrected chi connectivity index (χ1v) is 9.21. The van der Waals surface area contributed by atoms with Crippen LogP contribution in [0.1, 0.15) is 46.6 Å². The van der Waals surface area contributed by atoms with Gasteiger partial charge < -0.3 is 4.90 Å². The van der Waals surface area contributed by atoms with Gasteiger partial charge in [-0.25, -0.2) is 4.98 Å². The highest BCUT2D eigenvalue weighted by atomic mass is 32.1. The normalized spacial score (nSPS) is 15.8. The lowest BCUT2D eigenvalue weighted by Gasteiger charge is -2.31. The Morgan fingerprint density at radius 1 is 1.30 bits per heavy atom. The van der Waals surface area contributed by atoms with E-state index in [1.165, 1.54) is 0 Å². The molecule has 122 valence electrons. The monoisotopic (exact) mass is 329 g/mol. The lowest BCUT2D eigenvalue weighted by molar-refractivity contribution is 0.0695. The van der Waals surface area contributed by atoms with Crippen molar-refractivity contribution in [2.24, 2.45) is 5.92 Å². The molecule has 0 saturated carbocycles. The van der Waals surface area contributed by atoms with Gasteiger partial charge >= 0.3 is 0 Å². The van der Waals surface area contributed by atoms with E-state index in [1.807, 2.05) is 23.2 Å². The number of nitrogens with zero attached hydrogens (tertiary/aromatic N) is 3. The number of aryl methyl sites for hydroxylation is 1. The van der Waals surface area contributed by atoms with Crippen LogP contribution in [0, 0.1) is 5.92 Å². The molecule has 0 radical (unpaired) electrons. The molecule has 4 nitrogen and oxygen atoms in total. The van der Waals surface area contributed by atoms with Gasteiger partial charge in [-0.3, -0.25) is 9.78 Å². The number of hydrogen-bond donors (Lipinski definition) is 0. The fourth-order valence-corrected chi connectivity index (χ4v) is 4.04. The zero-order chi connectivity index (χ0) is 16.1. The minimum atomic E-state index is 0.154. The quantitative estimate of drug-likeness (QED) is 0.842. The molecule has 2 aromatic rings. The van der Waals surface area contributed by atoms with Crippen molar-refractivity contribution in [3.8, 4) is 0 Å². The lowest BCUT2D eigenvalue weighted by atomic mass is 9.92. The van der Waals surface area contributed by atoms with E-state index >= 15 is 0 Å². The number of rotatable bonds is 5. The first kappa shape index (κ1) is 16.1. The Labute approximate surface area is 141 Å². The van der Waals surface area contributed by atoms with Crippen LogP contribution in [0.25, 0.3) is 0 Å². The Balaban J connectivity index is 1.52. The predicted octanol–water partition coefficient (Wildman–Crippen LogP) is 3.59. The van der Waals surface area contributed by atoms with E-state index in [9.17, 15) is 4.79 Å². The van der Waals surface area contributed by atoms with Crippen LogP contribution in [0.4, 0.5) is 0 Å². The summed E-state index contributed by atoms with van der Waals surface area (Å²) in [7, 11) is 0. The Hall–Kier alpha value is -1.75. The number of hydrogen-bond acceptors (Lipinski definition) is 4. The van der Waals surface area contributed by atoms with Crippen molar-refractivity contribution in [3.05, 3.63) is 46.2 Å². The Morgan fingerprint density at radius 2 is 2.13 bits per heavy atom. The second-order valence-corrected chi connectivity index (χ2v) is 7.24. The highest BCUT2D eigenvalue weighted by Crippen LogP contribution is 2.24. The van der Waals surface area contributed by atoms with Gasteiger partial charge in [-0.1, -0.05) is 13.0 Å². The van der Waals surface area contributed by atoms with Gasteiger partial charge in [-0.2, -0.15) is 0 Å². The van der Waals surface area contributed by atoms with Crippen molar-refractivity contribution >= 4 is 17.2 Å². The first-order chi connectivity index (χ1) is 11.3. The maximum atomic E-state index is 12.6. The highest BCUT2D eigenvalue weighted by Gasteiger charge is 2.25. The zero-order valence-corrected chi connectivity index (χ0v) is 14.4. The molecule has 1 saturated heterocycles. The number of pyridine rings is 1. The van der Waals surface area contributed by atoms with Gasteiger partial charge in [0.05, 0.1) is 11.2 Å². The van der Waals surface area contributed by atoms with Crippen LogP contribution in [-0.2, 0) is 12.8 Å². The summed E-state index contributed by atoms with van der Waals surface area (Å²) in [5.74, 6) is 0.784. The molecule has 0 atom stereocenters. The molecule has 23 heavy (non-hydrogen) atoms. The van der Waals surface area contributed by atoms with E-state index in [-0.39, 0.29) is 5.91 Å². The van der Waals surface area contributed by atoms with Crippen molar-refractivity contribution in [2.75, 3.05) is 13.1 Å². The molecule has 1 aliphatic rings.